The molecule has 1 heterocycles. The maximum atomic E-state index is 12.4. The van der Waals surface area contributed by atoms with Gasteiger partial charge in [-0.1, -0.05) is 18.2 Å². The Morgan fingerprint density at radius 3 is 2.70 bits per heavy atom. The number of hydrogen-bond acceptors (Lipinski definition) is 3. The van der Waals surface area contributed by atoms with E-state index in [9.17, 15) is 9.90 Å². The van der Waals surface area contributed by atoms with Crippen LogP contribution in [0.1, 0.15) is 37.8 Å². The van der Waals surface area contributed by atoms with Crippen LogP contribution in [0, 0.1) is 5.92 Å². The van der Waals surface area contributed by atoms with E-state index in [1.54, 1.807) is 17.0 Å². The molecule has 0 bridgehead atoms. The molecule has 1 unspecified atom stereocenters. The fourth-order valence-corrected chi connectivity index (χ4v) is 3.81. The van der Waals surface area contributed by atoms with Crippen molar-refractivity contribution in [2.75, 3.05) is 18.6 Å². The lowest BCUT2D eigenvalue weighted by molar-refractivity contribution is -0.132. The summed E-state index contributed by atoms with van der Waals surface area (Å²) in [6, 6.07) is 7.14. The van der Waals surface area contributed by atoms with Gasteiger partial charge < -0.3 is 10.0 Å². The van der Waals surface area contributed by atoms with Gasteiger partial charge in [0.25, 0.3) is 0 Å². The molecule has 1 saturated heterocycles. The SMILES string of the molecule is CC(c1ccccc1O)N(C)C(=O)CC1CCSCC1. The smallest absolute Gasteiger partial charge is 0.223 e. The fraction of sp³-hybridized carbons (Fsp3) is 0.562. The molecule has 0 aromatic heterocycles. The number of amides is 1. The highest BCUT2D eigenvalue weighted by Crippen LogP contribution is 2.30. The van der Waals surface area contributed by atoms with E-state index < -0.39 is 0 Å². The van der Waals surface area contributed by atoms with Crippen LogP contribution in [0.15, 0.2) is 24.3 Å². The summed E-state index contributed by atoms with van der Waals surface area (Å²) in [6.07, 6.45) is 2.93. The number of phenols is 1. The summed E-state index contributed by atoms with van der Waals surface area (Å²) in [7, 11) is 1.83. The molecule has 1 atom stereocenters. The van der Waals surface area contributed by atoms with Crippen LogP contribution in [-0.4, -0.2) is 34.5 Å². The number of benzene rings is 1. The van der Waals surface area contributed by atoms with Crippen molar-refractivity contribution in [3.63, 3.8) is 0 Å². The summed E-state index contributed by atoms with van der Waals surface area (Å²) in [6.45, 7) is 1.96. The average Bonchev–Trinajstić information content (AvgIpc) is 2.47. The average molecular weight is 293 g/mol. The van der Waals surface area contributed by atoms with E-state index >= 15 is 0 Å². The third-order valence-corrected chi connectivity index (χ3v) is 5.21. The van der Waals surface area contributed by atoms with E-state index in [4.69, 9.17) is 0 Å². The molecule has 1 aliphatic heterocycles. The van der Waals surface area contributed by atoms with E-state index in [0.717, 1.165) is 18.4 Å². The molecule has 0 aliphatic carbocycles. The van der Waals surface area contributed by atoms with E-state index in [1.807, 2.05) is 37.9 Å². The first-order valence-electron chi connectivity index (χ1n) is 7.21. The molecule has 1 aliphatic rings. The zero-order chi connectivity index (χ0) is 14.5. The molecule has 0 spiro atoms. The Balaban J connectivity index is 1.97. The van der Waals surface area contributed by atoms with Crippen LogP contribution in [0.4, 0.5) is 0 Å². The minimum atomic E-state index is -0.0957. The Morgan fingerprint density at radius 1 is 1.40 bits per heavy atom. The third kappa shape index (κ3) is 3.69. The van der Waals surface area contributed by atoms with Gasteiger partial charge in [0.1, 0.15) is 5.75 Å². The van der Waals surface area contributed by atoms with Gasteiger partial charge in [-0.25, -0.2) is 0 Å². The van der Waals surface area contributed by atoms with Crippen molar-refractivity contribution in [3.05, 3.63) is 29.8 Å². The molecule has 2 rings (SSSR count). The Bertz CT molecular complexity index is 458. The van der Waals surface area contributed by atoms with Gasteiger partial charge in [-0.2, -0.15) is 11.8 Å². The predicted octanol–water partition coefficient (Wildman–Crippen LogP) is 3.44. The highest BCUT2D eigenvalue weighted by Gasteiger charge is 2.23. The van der Waals surface area contributed by atoms with Crippen molar-refractivity contribution in [1.29, 1.82) is 0 Å². The minimum Gasteiger partial charge on any atom is -0.508 e. The van der Waals surface area contributed by atoms with Gasteiger partial charge in [0.05, 0.1) is 6.04 Å². The second-order valence-corrected chi connectivity index (χ2v) is 6.72. The van der Waals surface area contributed by atoms with Crippen LogP contribution in [0.3, 0.4) is 0 Å². The lowest BCUT2D eigenvalue weighted by Gasteiger charge is -2.28. The molecule has 1 fully saturated rings. The number of aromatic hydroxyl groups is 1. The summed E-state index contributed by atoms with van der Waals surface area (Å²) >= 11 is 1.98. The van der Waals surface area contributed by atoms with Crippen molar-refractivity contribution in [2.45, 2.75) is 32.2 Å². The van der Waals surface area contributed by atoms with Crippen LogP contribution in [-0.2, 0) is 4.79 Å². The van der Waals surface area contributed by atoms with Crippen LogP contribution in [0.25, 0.3) is 0 Å². The fourth-order valence-electron chi connectivity index (χ4n) is 2.61. The standard InChI is InChI=1S/C16H23NO2S/c1-12(14-5-3-4-6-15(14)18)17(2)16(19)11-13-7-9-20-10-8-13/h3-6,12-13,18H,7-11H2,1-2H3. The minimum absolute atomic E-state index is 0.0957. The Kier molecular flexibility index (Phi) is 5.35. The molecular formula is C16H23NO2S. The van der Waals surface area contributed by atoms with E-state index in [-0.39, 0.29) is 17.7 Å². The summed E-state index contributed by atoms with van der Waals surface area (Å²) in [5.41, 5.74) is 0.808. The zero-order valence-corrected chi connectivity index (χ0v) is 13.0. The van der Waals surface area contributed by atoms with Crippen molar-refractivity contribution >= 4 is 17.7 Å². The molecule has 110 valence electrons. The summed E-state index contributed by atoms with van der Waals surface area (Å²) in [5.74, 6) is 3.32. The van der Waals surface area contributed by atoms with Crippen molar-refractivity contribution < 1.29 is 9.90 Å². The van der Waals surface area contributed by atoms with Gasteiger partial charge in [-0.3, -0.25) is 4.79 Å². The van der Waals surface area contributed by atoms with Crippen molar-refractivity contribution in [2.24, 2.45) is 5.92 Å². The third-order valence-electron chi connectivity index (χ3n) is 4.17. The highest BCUT2D eigenvalue weighted by molar-refractivity contribution is 7.99. The molecule has 20 heavy (non-hydrogen) atoms. The number of nitrogens with zero attached hydrogens (tertiary/aromatic N) is 1. The number of hydrogen-bond donors (Lipinski definition) is 1. The molecular weight excluding hydrogens is 270 g/mol. The van der Waals surface area contributed by atoms with Gasteiger partial charge in [0.2, 0.25) is 5.91 Å². The first kappa shape index (κ1) is 15.2. The summed E-state index contributed by atoms with van der Waals surface area (Å²) in [5, 5.41) is 9.89. The Labute approximate surface area is 125 Å². The Hall–Kier alpha value is -1.16. The van der Waals surface area contributed by atoms with E-state index in [2.05, 4.69) is 0 Å². The van der Waals surface area contributed by atoms with Crippen LogP contribution < -0.4 is 0 Å². The second-order valence-electron chi connectivity index (χ2n) is 5.50. The molecule has 3 nitrogen and oxygen atoms in total. The number of para-hydroxylation sites is 1. The quantitative estimate of drug-likeness (QED) is 0.924. The molecule has 4 heteroatoms. The van der Waals surface area contributed by atoms with Crippen LogP contribution in [0.5, 0.6) is 5.75 Å². The maximum Gasteiger partial charge on any atom is 0.223 e. The largest absolute Gasteiger partial charge is 0.508 e. The molecule has 1 N–H and O–H groups in total. The van der Waals surface area contributed by atoms with Gasteiger partial charge >= 0.3 is 0 Å². The van der Waals surface area contributed by atoms with Gasteiger partial charge in [0, 0.05) is 19.0 Å². The molecule has 0 radical (unpaired) electrons. The lowest BCUT2D eigenvalue weighted by atomic mass is 9.97. The lowest BCUT2D eigenvalue weighted by Crippen LogP contribution is -2.31. The molecule has 1 amide bonds. The van der Waals surface area contributed by atoms with Gasteiger partial charge in [0.15, 0.2) is 0 Å². The van der Waals surface area contributed by atoms with Gasteiger partial charge in [-0.15, -0.1) is 0 Å². The van der Waals surface area contributed by atoms with Crippen LogP contribution >= 0.6 is 11.8 Å². The number of phenolic OH excluding ortho intramolecular Hbond substituents is 1. The molecule has 0 saturated carbocycles. The maximum absolute atomic E-state index is 12.4. The Morgan fingerprint density at radius 2 is 2.05 bits per heavy atom. The highest BCUT2D eigenvalue weighted by atomic mass is 32.2. The summed E-state index contributed by atoms with van der Waals surface area (Å²) in [4.78, 5) is 14.1. The summed E-state index contributed by atoms with van der Waals surface area (Å²) < 4.78 is 0. The molecule has 1 aromatic carbocycles. The van der Waals surface area contributed by atoms with Crippen LogP contribution in [0.2, 0.25) is 0 Å². The zero-order valence-electron chi connectivity index (χ0n) is 12.2. The van der Waals surface area contributed by atoms with Crippen molar-refractivity contribution in [1.82, 2.24) is 4.90 Å². The number of rotatable bonds is 4. The number of carbonyl (C=O) groups is 1. The predicted molar refractivity (Wildman–Crippen MR) is 84.0 cm³/mol. The van der Waals surface area contributed by atoms with E-state index in [1.165, 1.54) is 11.5 Å². The molecule has 1 aromatic rings. The monoisotopic (exact) mass is 293 g/mol. The second kappa shape index (κ2) is 7.02. The normalized spacial score (nSPS) is 17.7. The number of thioether (sulfide) groups is 1. The first-order chi connectivity index (χ1) is 9.59. The number of carbonyl (C=O) groups excluding carboxylic acids is 1. The van der Waals surface area contributed by atoms with E-state index in [0.29, 0.717) is 12.3 Å². The topological polar surface area (TPSA) is 40.5 Å². The van der Waals surface area contributed by atoms with Gasteiger partial charge in [-0.05, 0) is 43.3 Å². The van der Waals surface area contributed by atoms with Crippen molar-refractivity contribution in [3.8, 4) is 5.75 Å². The first-order valence-corrected chi connectivity index (χ1v) is 8.36.